The first-order chi connectivity index (χ1) is 15.7. The Hall–Kier alpha value is -2.88. The Kier molecular flexibility index (Phi) is 6.47. The number of fused-ring (bicyclic) bond motifs is 1. The molecule has 33 heavy (non-hydrogen) atoms. The lowest BCUT2D eigenvalue weighted by Crippen LogP contribution is -2.33. The minimum Gasteiger partial charge on any atom is -0.480 e. The van der Waals surface area contributed by atoms with Gasteiger partial charge in [-0.1, -0.05) is 29.3 Å². The number of halogens is 1. The molecule has 0 aliphatic heterocycles. The zero-order valence-electron chi connectivity index (χ0n) is 18.2. The molecule has 0 saturated carbocycles. The molecule has 1 unspecified atom stereocenters. The molecule has 174 valence electrons. The number of carboxylic acid groups (broad SMARTS) is 1. The SMILES string of the molecule is Cc1ccc(Oc2ccc(S(=O)(=O)N(C)C3CCCc4c3cnn4CC(=O)O)cc2Cl)cc1. The summed E-state index contributed by atoms with van der Waals surface area (Å²) in [5.74, 6) is -0.0352. The minimum absolute atomic E-state index is 0.0521. The second kappa shape index (κ2) is 9.17. The van der Waals surface area contributed by atoms with Gasteiger partial charge in [-0.2, -0.15) is 9.40 Å². The highest BCUT2D eigenvalue weighted by Gasteiger charge is 2.34. The number of sulfonamides is 1. The molecule has 4 rings (SSSR count). The second-order valence-corrected chi connectivity index (χ2v) is 10.4. The lowest BCUT2D eigenvalue weighted by Gasteiger charge is -2.31. The van der Waals surface area contributed by atoms with Gasteiger partial charge in [-0.15, -0.1) is 0 Å². The monoisotopic (exact) mass is 489 g/mol. The Morgan fingerprint density at radius 3 is 2.67 bits per heavy atom. The van der Waals surface area contributed by atoms with E-state index in [4.69, 9.17) is 21.4 Å². The number of hydrogen-bond acceptors (Lipinski definition) is 5. The zero-order valence-corrected chi connectivity index (χ0v) is 19.8. The summed E-state index contributed by atoms with van der Waals surface area (Å²) in [4.78, 5) is 11.2. The van der Waals surface area contributed by atoms with Gasteiger partial charge in [-0.25, -0.2) is 8.42 Å². The molecular weight excluding hydrogens is 466 g/mol. The van der Waals surface area contributed by atoms with E-state index in [1.165, 1.54) is 28.2 Å². The van der Waals surface area contributed by atoms with Crippen LogP contribution < -0.4 is 4.74 Å². The quantitative estimate of drug-likeness (QED) is 0.527. The van der Waals surface area contributed by atoms with Gasteiger partial charge in [0.25, 0.3) is 0 Å². The van der Waals surface area contributed by atoms with Crippen LogP contribution in [0.5, 0.6) is 11.5 Å². The first kappa shape index (κ1) is 23.3. The van der Waals surface area contributed by atoms with E-state index in [-0.39, 0.29) is 16.5 Å². The summed E-state index contributed by atoms with van der Waals surface area (Å²) in [5, 5.41) is 13.5. The van der Waals surface area contributed by atoms with Crippen LogP contribution in [0.25, 0.3) is 0 Å². The van der Waals surface area contributed by atoms with Crippen molar-refractivity contribution >= 4 is 27.6 Å². The van der Waals surface area contributed by atoms with E-state index in [2.05, 4.69) is 5.10 Å². The number of benzene rings is 2. The van der Waals surface area contributed by atoms with Crippen molar-refractivity contribution in [1.29, 1.82) is 0 Å². The fourth-order valence-corrected chi connectivity index (χ4v) is 5.71. The van der Waals surface area contributed by atoms with E-state index in [9.17, 15) is 13.2 Å². The van der Waals surface area contributed by atoms with Crippen molar-refractivity contribution in [2.75, 3.05) is 7.05 Å². The maximum Gasteiger partial charge on any atom is 0.325 e. The Labute approximate surface area is 197 Å². The molecular formula is C23H24ClN3O5S. The van der Waals surface area contributed by atoms with Crippen molar-refractivity contribution in [2.24, 2.45) is 0 Å². The third-order valence-electron chi connectivity index (χ3n) is 5.78. The first-order valence-electron chi connectivity index (χ1n) is 10.5. The van der Waals surface area contributed by atoms with Crippen molar-refractivity contribution in [3.05, 3.63) is 70.5 Å². The first-order valence-corrected chi connectivity index (χ1v) is 12.3. The Bertz CT molecular complexity index is 1290. The highest BCUT2D eigenvalue weighted by Crippen LogP contribution is 2.38. The highest BCUT2D eigenvalue weighted by atomic mass is 35.5. The van der Waals surface area contributed by atoms with Gasteiger partial charge in [0.2, 0.25) is 10.0 Å². The molecule has 1 atom stereocenters. The number of rotatable bonds is 7. The molecule has 0 fully saturated rings. The number of nitrogens with zero attached hydrogens (tertiary/aromatic N) is 3. The lowest BCUT2D eigenvalue weighted by atomic mass is 9.93. The second-order valence-electron chi connectivity index (χ2n) is 8.03. The van der Waals surface area contributed by atoms with Crippen LogP contribution in [0.15, 0.2) is 53.6 Å². The molecule has 0 amide bonds. The van der Waals surface area contributed by atoms with Crippen LogP contribution in [0, 0.1) is 6.92 Å². The molecule has 0 radical (unpaired) electrons. The van der Waals surface area contributed by atoms with Gasteiger partial charge in [0.1, 0.15) is 18.0 Å². The van der Waals surface area contributed by atoms with E-state index >= 15 is 0 Å². The van der Waals surface area contributed by atoms with E-state index in [1.54, 1.807) is 12.3 Å². The van der Waals surface area contributed by atoms with Crippen molar-refractivity contribution < 1.29 is 23.1 Å². The van der Waals surface area contributed by atoms with Crippen LogP contribution in [0.2, 0.25) is 5.02 Å². The molecule has 10 heteroatoms. The third-order valence-corrected chi connectivity index (χ3v) is 7.94. The van der Waals surface area contributed by atoms with E-state index in [0.29, 0.717) is 24.3 Å². The summed E-state index contributed by atoms with van der Waals surface area (Å²) in [6.45, 7) is 1.72. The van der Waals surface area contributed by atoms with Crippen molar-refractivity contribution in [3.63, 3.8) is 0 Å². The predicted molar refractivity (Wildman–Crippen MR) is 123 cm³/mol. The molecule has 1 aromatic heterocycles. The Balaban J connectivity index is 1.58. The molecule has 1 aliphatic rings. The molecule has 8 nitrogen and oxygen atoms in total. The fourth-order valence-electron chi connectivity index (χ4n) is 4.03. The molecule has 0 spiro atoms. The van der Waals surface area contributed by atoms with Gasteiger partial charge in [-0.3, -0.25) is 9.48 Å². The maximum atomic E-state index is 13.4. The van der Waals surface area contributed by atoms with Gasteiger partial charge in [0.05, 0.1) is 22.2 Å². The number of carbonyl (C=O) groups is 1. The molecule has 3 aromatic rings. The van der Waals surface area contributed by atoms with Crippen molar-refractivity contribution in [2.45, 2.75) is 43.7 Å². The number of ether oxygens (including phenoxy) is 1. The van der Waals surface area contributed by atoms with Gasteiger partial charge in [-0.05, 0) is 56.5 Å². The number of aryl methyl sites for hydroxylation is 1. The van der Waals surface area contributed by atoms with Crippen LogP contribution >= 0.6 is 11.6 Å². The Morgan fingerprint density at radius 2 is 2.00 bits per heavy atom. The van der Waals surface area contributed by atoms with Crippen LogP contribution in [0.1, 0.15) is 35.7 Å². The predicted octanol–water partition coefficient (Wildman–Crippen LogP) is 4.42. The molecule has 1 N–H and O–H groups in total. The summed E-state index contributed by atoms with van der Waals surface area (Å²) < 4.78 is 35.3. The average molecular weight is 490 g/mol. The van der Waals surface area contributed by atoms with Gasteiger partial charge in [0.15, 0.2) is 0 Å². The number of carboxylic acids is 1. The summed E-state index contributed by atoms with van der Waals surface area (Å²) in [6, 6.07) is 11.4. The van der Waals surface area contributed by atoms with Crippen molar-refractivity contribution in [1.82, 2.24) is 14.1 Å². The number of aliphatic carboxylic acids is 1. The minimum atomic E-state index is -3.87. The topological polar surface area (TPSA) is 102 Å². The largest absolute Gasteiger partial charge is 0.480 e. The molecule has 0 saturated heterocycles. The smallest absolute Gasteiger partial charge is 0.325 e. The molecule has 0 bridgehead atoms. The number of hydrogen-bond donors (Lipinski definition) is 1. The summed E-state index contributed by atoms with van der Waals surface area (Å²) in [6.07, 6.45) is 3.57. The van der Waals surface area contributed by atoms with E-state index in [0.717, 1.165) is 23.2 Å². The summed E-state index contributed by atoms with van der Waals surface area (Å²) in [5.41, 5.74) is 2.59. The van der Waals surface area contributed by atoms with Crippen LogP contribution in [-0.4, -0.2) is 40.6 Å². The standard InChI is InChI=1S/C23H24ClN3O5S/c1-15-6-8-16(9-7-15)32-22-11-10-17(12-19(22)24)33(30,31)26(2)20-4-3-5-21-18(20)13-25-27(21)14-23(28)29/h6-13,20H,3-5,14H2,1-2H3,(H,28,29). The van der Waals surface area contributed by atoms with Crippen LogP contribution in [0.3, 0.4) is 0 Å². The molecule has 2 aromatic carbocycles. The van der Waals surface area contributed by atoms with Crippen LogP contribution in [0.4, 0.5) is 0 Å². The van der Waals surface area contributed by atoms with E-state index < -0.39 is 22.0 Å². The highest BCUT2D eigenvalue weighted by molar-refractivity contribution is 7.89. The zero-order chi connectivity index (χ0) is 23.8. The number of aromatic nitrogens is 2. The van der Waals surface area contributed by atoms with Gasteiger partial charge in [0, 0.05) is 18.3 Å². The van der Waals surface area contributed by atoms with Crippen molar-refractivity contribution in [3.8, 4) is 11.5 Å². The average Bonchev–Trinajstić information content (AvgIpc) is 3.18. The molecule has 1 aliphatic carbocycles. The third kappa shape index (κ3) is 4.75. The fraction of sp³-hybridized carbons (Fsp3) is 0.304. The lowest BCUT2D eigenvalue weighted by molar-refractivity contribution is -0.137. The maximum absolute atomic E-state index is 13.4. The Morgan fingerprint density at radius 1 is 1.27 bits per heavy atom. The van der Waals surface area contributed by atoms with E-state index in [1.807, 2.05) is 31.2 Å². The summed E-state index contributed by atoms with van der Waals surface area (Å²) in [7, 11) is -2.35. The van der Waals surface area contributed by atoms with Crippen LogP contribution in [-0.2, 0) is 27.8 Å². The molecule has 1 heterocycles. The normalized spacial score (nSPS) is 15.9. The van der Waals surface area contributed by atoms with Gasteiger partial charge < -0.3 is 9.84 Å². The summed E-state index contributed by atoms with van der Waals surface area (Å²) >= 11 is 6.36. The van der Waals surface area contributed by atoms with Gasteiger partial charge >= 0.3 is 5.97 Å².